The lowest BCUT2D eigenvalue weighted by atomic mass is 10.1. The molecule has 1 unspecified atom stereocenters. The molecule has 0 amide bonds. The molecule has 0 aromatic rings. The molecule has 1 N–H and O–H groups in total. The zero-order chi connectivity index (χ0) is 6.57. The van der Waals surface area contributed by atoms with E-state index in [1.165, 1.54) is 0 Å². The summed E-state index contributed by atoms with van der Waals surface area (Å²) < 4.78 is 0. The van der Waals surface area contributed by atoms with Crippen LogP contribution in [-0.2, 0) is 0 Å². The molecule has 50 valence electrons. The maximum atomic E-state index is 8.51. The van der Waals surface area contributed by atoms with Crippen LogP contribution < -0.4 is 0 Å². The molecule has 0 aliphatic carbocycles. The van der Waals surface area contributed by atoms with Crippen molar-refractivity contribution in [1.82, 2.24) is 0 Å². The zero-order valence-corrected chi connectivity index (χ0v) is 6.36. The van der Waals surface area contributed by atoms with E-state index in [2.05, 4.69) is 26.5 Å². The van der Waals surface area contributed by atoms with Crippen LogP contribution in [0.5, 0.6) is 0 Å². The Labute approximate surface area is 56.5 Å². The third-order valence-electron chi connectivity index (χ3n) is 0.954. The average Bonchev–Trinajstić information content (AvgIpc) is 1.65. The van der Waals surface area contributed by atoms with E-state index in [9.17, 15) is 0 Å². The van der Waals surface area contributed by atoms with Crippen molar-refractivity contribution >= 4 is 12.6 Å². The summed E-state index contributed by atoms with van der Waals surface area (Å²) in [5.41, 5.74) is 0. The second-order valence-electron chi connectivity index (χ2n) is 2.47. The van der Waals surface area contributed by atoms with Crippen molar-refractivity contribution < 1.29 is 5.11 Å². The van der Waals surface area contributed by atoms with E-state index in [0.29, 0.717) is 5.92 Å². The number of rotatable bonds is 3. The molecule has 0 heterocycles. The van der Waals surface area contributed by atoms with Crippen LogP contribution >= 0.6 is 12.6 Å². The Morgan fingerprint density at radius 1 is 1.50 bits per heavy atom. The van der Waals surface area contributed by atoms with Crippen LogP contribution in [0.3, 0.4) is 0 Å². The van der Waals surface area contributed by atoms with Gasteiger partial charge >= 0.3 is 0 Å². The predicted molar refractivity (Wildman–Crippen MR) is 39.3 cm³/mol. The lowest BCUT2D eigenvalue weighted by molar-refractivity contribution is 0.283. The van der Waals surface area contributed by atoms with Crippen LogP contribution in [0.25, 0.3) is 0 Å². The van der Waals surface area contributed by atoms with Crippen molar-refractivity contribution in [2.45, 2.75) is 25.5 Å². The van der Waals surface area contributed by atoms with Gasteiger partial charge in [0.25, 0.3) is 0 Å². The Morgan fingerprint density at radius 2 is 2.00 bits per heavy atom. The Balaban J connectivity index is 3.10. The standard InChI is InChI=1S/C6H14OS/c1-5(2)3-6(8)4-7/h5-8H,3-4H2,1-2H3. The fourth-order valence-electron chi connectivity index (χ4n) is 0.619. The van der Waals surface area contributed by atoms with Crippen molar-refractivity contribution in [3.63, 3.8) is 0 Å². The van der Waals surface area contributed by atoms with E-state index in [4.69, 9.17) is 5.11 Å². The molecular formula is C6H14OS. The molecule has 0 saturated heterocycles. The van der Waals surface area contributed by atoms with E-state index in [1.807, 2.05) is 0 Å². The van der Waals surface area contributed by atoms with Crippen molar-refractivity contribution in [2.75, 3.05) is 6.61 Å². The fourth-order valence-corrected chi connectivity index (χ4v) is 1.04. The van der Waals surface area contributed by atoms with Gasteiger partial charge in [0, 0.05) is 5.25 Å². The maximum absolute atomic E-state index is 8.51. The molecule has 0 spiro atoms. The number of hydrogen-bond acceptors (Lipinski definition) is 2. The van der Waals surface area contributed by atoms with E-state index in [0.717, 1.165) is 6.42 Å². The molecule has 8 heavy (non-hydrogen) atoms. The van der Waals surface area contributed by atoms with Gasteiger partial charge in [0.2, 0.25) is 0 Å². The monoisotopic (exact) mass is 134 g/mol. The van der Waals surface area contributed by atoms with Crippen molar-refractivity contribution in [2.24, 2.45) is 5.92 Å². The van der Waals surface area contributed by atoms with Gasteiger partial charge in [-0.2, -0.15) is 12.6 Å². The van der Waals surface area contributed by atoms with Crippen LogP contribution in [0.1, 0.15) is 20.3 Å². The van der Waals surface area contributed by atoms with Crippen LogP contribution in [-0.4, -0.2) is 17.0 Å². The molecule has 0 aliphatic heterocycles. The highest BCUT2D eigenvalue weighted by molar-refractivity contribution is 7.81. The van der Waals surface area contributed by atoms with Gasteiger partial charge in [-0.25, -0.2) is 0 Å². The summed E-state index contributed by atoms with van der Waals surface area (Å²) in [7, 11) is 0. The Morgan fingerprint density at radius 3 is 2.12 bits per heavy atom. The van der Waals surface area contributed by atoms with Gasteiger partial charge in [-0.1, -0.05) is 13.8 Å². The zero-order valence-electron chi connectivity index (χ0n) is 5.46. The number of aliphatic hydroxyl groups is 1. The van der Waals surface area contributed by atoms with Gasteiger partial charge in [-0.3, -0.25) is 0 Å². The first-order valence-electron chi connectivity index (χ1n) is 2.95. The van der Waals surface area contributed by atoms with Crippen LogP contribution in [0.15, 0.2) is 0 Å². The number of thiol groups is 1. The molecule has 0 radical (unpaired) electrons. The summed E-state index contributed by atoms with van der Waals surface area (Å²) in [6.07, 6.45) is 1.000. The van der Waals surface area contributed by atoms with E-state index >= 15 is 0 Å². The Kier molecular flexibility index (Phi) is 4.38. The maximum Gasteiger partial charge on any atom is 0.0547 e. The molecule has 0 bridgehead atoms. The number of aliphatic hydroxyl groups excluding tert-OH is 1. The molecule has 2 heteroatoms. The summed E-state index contributed by atoms with van der Waals surface area (Å²) in [4.78, 5) is 0. The molecular weight excluding hydrogens is 120 g/mol. The van der Waals surface area contributed by atoms with Crippen LogP contribution in [0.4, 0.5) is 0 Å². The van der Waals surface area contributed by atoms with E-state index in [-0.39, 0.29) is 11.9 Å². The first-order chi connectivity index (χ1) is 3.66. The second kappa shape index (κ2) is 4.21. The molecule has 0 saturated carbocycles. The normalized spacial score (nSPS) is 14.6. The van der Waals surface area contributed by atoms with Gasteiger partial charge in [-0.05, 0) is 12.3 Å². The topological polar surface area (TPSA) is 20.2 Å². The Bertz CT molecular complexity index is 54.5. The minimum Gasteiger partial charge on any atom is -0.395 e. The number of hydrogen-bond donors (Lipinski definition) is 2. The smallest absolute Gasteiger partial charge is 0.0547 e. The summed E-state index contributed by atoms with van der Waals surface area (Å²) >= 11 is 4.12. The van der Waals surface area contributed by atoms with Gasteiger partial charge < -0.3 is 5.11 Å². The quantitative estimate of drug-likeness (QED) is 0.558. The molecule has 0 fully saturated rings. The summed E-state index contributed by atoms with van der Waals surface area (Å²) in [5.74, 6) is 0.643. The van der Waals surface area contributed by atoms with Crippen molar-refractivity contribution in [3.8, 4) is 0 Å². The largest absolute Gasteiger partial charge is 0.395 e. The fraction of sp³-hybridized carbons (Fsp3) is 1.00. The van der Waals surface area contributed by atoms with E-state index in [1.54, 1.807) is 0 Å². The lowest BCUT2D eigenvalue weighted by Gasteiger charge is -2.08. The summed E-state index contributed by atoms with van der Waals surface area (Å²) in [5, 5.41) is 8.68. The van der Waals surface area contributed by atoms with Gasteiger partial charge in [0.1, 0.15) is 0 Å². The van der Waals surface area contributed by atoms with Gasteiger partial charge in [0.05, 0.1) is 6.61 Å². The molecule has 1 atom stereocenters. The average molecular weight is 134 g/mol. The van der Waals surface area contributed by atoms with Gasteiger partial charge in [-0.15, -0.1) is 0 Å². The highest BCUT2D eigenvalue weighted by Crippen LogP contribution is 2.08. The van der Waals surface area contributed by atoms with Crippen molar-refractivity contribution in [3.05, 3.63) is 0 Å². The van der Waals surface area contributed by atoms with Crippen molar-refractivity contribution in [1.29, 1.82) is 0 Å². The first-order valence-corrected chi connectivity index (χ1v) is 3.47. The summed E-state index contributed by atoms with van der Waals surface area (Å²) in [6, 6.07) is 0. The molecule has 0 aromatic heterocycles. The van der Waals surface area contributed by atoms with Gasteiger partial charge in [0.15, 0.2) is 0 Å². The predicted octanol–water partition coefficient (Wildman–Crippen LogP) is 1.32. The third kappa shape index (κ3) is 4.47. The lowest BCUT2D eigenvalue weighted by Crippen LogP contribution is -2.07. The highest BCUT2D eigenvalue weighted by atomic mass is 32.1. The molecule has 0 rings (SSSR count). The van der Waals surface area contributed by atoms with Crippen LogP contribution in [0, 0.1) is 5.92 Å². The molecule has 0 aromatic carbocycles. The minimum absolute atomic E-state index is 0.176. The van der Waals surface area contributed by atoms with Crippen LogP contribution in [0.2, 0.25) is 0 Å². The molecule has 1 nitrogen and oxygen atoms in total. The molecule has 0 aliphatic rings. The van der Waals surface area contributed by atoms with E-state index < -0.39 is 0 Å². The summed E-state index contributed by atoms with van der Waals surface area (Å²) in [6.45, 7) is 4.44. The first kappa shape index (κ1) is 8.31. The minimum atomic E-state index is 0.176. The SMILES string of the molecule is CC(C)CC(S)CO. The Hall–Kier alpha value is 0.310. The second-order valence-corrected chi connectivity index (χ2v) is 3.20. The third-order valence-corrected chi connectivity index (χ3v) is 1.33. The highest BCUT2D eigenvalue weighted by Gasteiger charge is 2.02.